The van der Waals surface area contributed by atoms with Gasteiger partial charge in [-0.3, -0.25) is 28.7 Å². The fraction of sp³-hybridized carbons (Fsp3) is 0.282. The van der Waals surface area contributed by atoms with Gasteiger partial charge >= 0.3 is 52.2 Å². The normalized spacial score (nSPS) is 10.3. The second-order valence-electron chi connectivity index (χ2n) is 11.6. The first-order valence-corrected chi connectivity index (χ1v) is 17.8. The Labute approximate surface area is 356 Å². The molecule has 16 nitrogen and oxygen atoms in total. The van der Waals surface area contributed by atoms with Gasteiger partial charge in [0.15, 0.2) is 11.6 Å². The van der Waals surface area contributed by atoms with Gasteiger partial charge in [0, 0.05) is 37.5 Å². The number of H-pyrrole nitrogens is 1. The Hall–Kier alpha value is -5.04. The van der Waals surface area contributed by atoms with Gasteiger partial charge in [-0.25, -0.2) is 28.3 Å². The van der Waals surface area contributed by atoms with Crippen LogP contribution in [0.25, 0.3) is 22.2 Å². The predicted molar refractivity (Wildman–Crippen MR) is 214 cm³/mol. The van der Waals surface area contributed by atoms with Crippen molar-refractivity contribution in [2.75, 3.05) is 19.5 Å². The number of nitrogens with zero attached hydrogens (tertiary/aromatic N) is 3. The molecular formula is C39H42BrN4NaO12. The smallest absolute Gasteiger partial charge is 1.00 e. The van der Waals surface area contributed by atoms with Crippen LogP contribution in [0.5, 0.6) is 0 Å². The molecule has 0 saturated heterocycles. The van der Waals surface area contributed by atoms with Crippen LogP contribution in [-0.2, 0) is 42.3 Å². The van der Waals surface area contributed by atoms with E-state index in [1.807, 2.05) is 30.3 Å². The Balaban J connectivity index is 0.000000469. The van der Waals surface area contributed by atoms with E-state index in [4.69, 9.17) is 18.3 Å². The standard InChI is InChI=1S/C19H18N2O6.C11H12N2O5.C8H7BrO.CH4.Na.H/c1-3-12-9-15(23)27-18-16(12)17(24)20(19(25)21(18)11-26-2)10-14(22)13-7-5-4-6-8-13;1-3-6-4-7(14)18-10-8(6)9(15)12-11(16)13(10)5-17-2;9-6-8(10)7-4-2-1-3-5-7;;;/h4-9H,3,10-11H2,1-2H3;4H,3,5H2,1-2H3,(H,12,15,16);1-5H,6H2;1H4;;/q;;;;+1;-1. The molecule has 18 heteroatoms. The molecule has 4 aromatic heterocycles. The van der Waals surface area contributed by atoms with Crippen molar-refractivity contribution in [3.8, 4) is 0 Å². The van der Waals surface area contributed by atoms with Gasteiger partial charge in [0.25, 0.3) is 11.1 Å². The minimum Gasteiger partial charge on any atom is -1.00 e. The zero-order valence-electron chi connectivity index (χ0n) is 32.3. The molecule has 298 valence electrons. The van der Waals surface area contributed by atoms with Crippen molar-refractivity contribution in [3.63, 3.8) is 0 Å². The number of ketones is 2. The van der Waals surface area contributed by atoms with Gasteiger partial charge in [-0.05, 0) is 24.0 Å². The molecule has 1 N–H and O–H groups in total. The quantitative estimate of drug-likeness (QED) is 0.110. The molecule has 6 aromatic rings. The van der Waals surface area contributed by atoms with Crippen molar-refractivity contribution in [2.45, 2.75) is 54.1 Å². The fourth-order valence-electron chi connectivity index (χ4n) is 5.43. The summed E-state index contributed by atoms with van der Waals surface area (Å²) in [5.74, 6) is -0.255. The first-order chi connectivity index (χ1) is 26.4. The third-order valence-electron chi connectivity index (χ3n) is 8.05. The number of carbonyl (C=O) groups is 2. The van der Waals surface area contributed by atoms with Crippen LogP contribution in [0.1, 0.15) is 54.5 Å². The number of nitrogens with one attached hydrogen (secondary N) is 1. The van der Waals surface area contributed by atoms with Crippen molar-refractivity contribution in [3.05, 3.63) is 158 Å². The molecule has 0 unspecified atom stereocenters. The molecule has 0 fully saturated rings. The van der Waals surface area contributed by atoms with Crippen LogP contribution >= 0.6 is 15.9 Å². The molecule has 0 radical (unpaired) electrons. The molecule has 0 aliphatic heterocycles. The molecule has 4 heterocycles. The number of aromatic nitrogens is 4. The summed E-state index contributed by atoms with van der Waals surface area (Å²) in [6.45, 7) is 2.81. The van der Waals surface area contributed by atoms with E-state index in [2.05, 4.69) is 20.9 Å². The van der Waals surface area contributed by atoms with E-state index in [1.54, 1.807) is 44.2 Å². The number of aromatic amines is 1. The SMILES string of the molecule is C.CCc1cc(=O)oc2c1c(=O)[nH]c(=O)n2COC.CCc1cc(=O)oc2c1c(=O)n(CC(=O)c1ccccc1)c(=O)n2COC.O=C(CBr)c1ccccc1.[H-].[Na+]. The molecular weight excluding hydrogens is 819 g/mol. The number of alkyl halides is 1. The number of hydrogen-bond donors (Lipinski definition) is 1. The van der Waals surface area contributed by atoms with Crippen LogP contribution in [0.2, 0.25) is 0 Å². The van der Waals surface area contributed by atoms with Gasteiger partial charge in [0.05, 0.1) is 11.9 Å². The summed E-state index contributed by atoms with van der Waals surface area (Å²) in [6, 6.07) is 20.1. The minimum absolute atomic E-state index is 0. The summed E-state index contributed by atoms with van der Waals surface area (Å²) in [5.41, 5.74) is -2.05. The van der Waals surface area contributed by atoms with Gasteiger partial charge in [-0.1, -0.05) is 97.9 Å². The fourth-order valence-corrected chi connectivity index (χ4v) is 5.75. The van der Waals surface area contributed by atoms with Crippen LogP contribution in [0.3, 0.4) is 0 Å². The maximum absolute atomic E-state index is 13.0. The van der Waals surface area contributed by atoms with Crippen LogP contribution in [0, 0.1) is 0 Å². The first kappa shape index (κ1) is 48.1. The largest absolute Gasteiger partial charge is 1.00 e. The number of halogens is 1. The number of methoxy groups -OCH3 is 2. The van der Waals surface area contributed by atoms with Crippen LogP contribution in [0.15, 0.2) is 110 Å². The third-order valence-corrected chi connectivity index (χ3v) is 8.55. The second-order valence-corrected chi connectivity index (χ2v) is 12.1. The molecule has 6 rings (SSSR count). The Morgan fingerprint density at radius 2 is 1.16 bits per heavy atom. The molecule has 0 bridgehead atoms. The maximum atomic E-state index is 13.0. The molecule has 2 aromatic carbocycles. The summed E-state index contributed by atoms with van der Waals surface area (Å²) in [7, 11) is 2.76. The first-order valence-electron chi connectivity index (χ1n) is 16.7. The topological polar surface area (TPSA) is 212 Å². The van der Waals surface area contributed by atoms with Gasteiger partial charge in [-0.2, -0.15) is 0 Å². The van der Waals surface area contributed by atoms with Crippen molar-refractivity contribution in [1.82, 2.24) is 18.7 Å². The second kappa shape index (κ2) is 22.6. The molecule has 0 aliphatic rings. The molecule has 0 saturated carbocycles. The van der Waals surface area contributed by atoms with E-state index >= 15 is 0 Å². The van der Waals surface area contributed by atoms with E-state index in [1.165, 1.54) is 26.4 Å². The van der Waals surface area contributed by atoms with E-state index in [9.17, 15) is 38.4 Å². The van der Waals surface area contributed by atoms with Gasteiger partial charge in [-0.15, -0.1) is 0 Å². The number of carbonyl (C=O) groups excluding carboxylic acids is 2. The zero-order valence-corrected chi connectivity index (χ0v) is 34.9. The van der Waals surface area contributed by atoms with Gasteiger partial charge < -0.3 is 19.7 Å². The average Bonchev–Trinajstić information content (AvgIpc) is 3.19. The molecule has 0 spiro atoms. The summed E-state index contributed by atoms with van der Waals surface area (Å²) < 4.78 is 22.9. The number of benzene rings is 2. The zero-order chi connectivity index (χ0) is 40.2. The Kier molecular flexibility index (Phi) is 19.1. The molecule has 0 amide bonds. The summed E-state index contributed by atoms with van der Waals surface area (Å²) in [5, 5.41) is 0.695. The maximum Gasteiger partial charge on any atom is 1.00 e. The Bertz CT molecular complexity index is 2690. The van der Waals surface area contributed by atoms with Gasteiger partial charge in [0.2, 0.25) is 11.4 Å². The Morgan fingerprint density at radius 1 is 0.702 bits per heavy atom. The Morgan fingerprint density at radius 3 is 1.63 bits per heavy atom. The van der Waals surface area contributed by atoms with E-state index in [0.29, 0.717) is 34.9 Å². The van der Waals surface area contributed by atoms with Crippen LogP contribution < -0.4 is 63.3 Å². The minimum atomic E-state index is -0.782. The number of Topliss-reactive ketones (excluding diaryl/α,β-unsaturated/α-hetero) is 2. The molecule has 57 heavy (non-hydrogen) atoms. The number of rotatable bonds is 11. The molecule has 0 atom stereocenters. The van der Waals surface area contributed by atoms with Crippen molar-refractivity contribution >= 4 is 49.7 Å². The van der Waals surface area contributed by atoms with Gasteiger partial charge in [0.1, 0.15) is 24.2 Å². The number of fused-ring (bicyclic) bond motifs is 2. The summed E-state index contributed by atoms with van der Waals surface area (Å²) in [6.07, 6.45) is 0.867. The van der Waals surface area contributed by atoms with E-state index in [-0.39, 0.29) is 85.6 Å². The van der Waals surface area contributed by atoms with Crippen molar-refractivity contribution in [2.24, 2.45) is 0 Å². The number of hydrogen-bond acceptors (Lipinski definition) is 12. The number of aryl methyl sites for hydroxylation is 2. The van der Waals surface area contributed by atoms with E-state index in [0.717, 1.165) is 19.3 Å². The van der Waals surface area contributed by atoms with Crippen molar-refractivity contribution in [1.29, 1.82) is 0 Å². The summed E-state index contributed by atoms with van der Waals surface area (Å²) in [4.78, 5) is 98.0. The summed E-state index contributed by atoms with van der Waals surface area (Å²) >= 11 is 3.10. The average molecular weight is 862 g/mol. The third kappa shape index (κ3) is 11.5. The predicted octanol–water partition coefficient (Wildman–Crippen LogP) is 0.992. The number of ether oxygens (including phenoxy) is 2. The van der Waals surface area contributed by atoms with Crippen LogP contribution in [-0.4, -0.2) is 49.8 Å². The van der Waals surface area contributed by atoms with Crippen LogP contribution in [0.4, 0.5) is 0 Å². The monoisotopic (exact) mass is 860 g/mol. The van der Waals surface area contributed by atoms with Crippen molar-refractivity contribution < 1.29 is 58.9 Å². The molecule has 0 aliphatic carbocycles. The van der Waals surface area contributed by atoms with E-state index < -0.39 is 40.3 Å².